The molecule has 31 heavy (non-hydrogen) atoms. The number of amidine groups is 1. The van der Waals surface area contributed by atoms with Crippen molar-refractivity contribution in [1.82, 2.24) is 25.1 Å². The summed E-state index contributed by atoms with van der Waals surface area (Å²) in [5.74, 6) is 0.620. The predicted octanol–water partition coefficient (Wildman–Crippen LogP) is 4.65. The van der Waals surface area contributed by atoms with Crippen LogP contribution in [0.2, 0.25) is 0 Å². The van der Waals surface area contributed by atoms with Crippen molar-refractivity contribution in [2.75, 3.05) is 5.32 Å². The Labute approximate surface area is 179 Å². The quantitative estimate of drug-likeness (QED) is 0.437. The van der Waals surface area contributed by atoms with Gasteiger partial charge in [-0.25, -0.2) is 4.98 Å². The zero-order valence-electron chi connectivity index (χ0n) is 16.0. The van der Waals surface area contributed by atoms with Gasteiger partial charge in [-0.3, -0.25) is 20.1 Å². The molecule has 0 saturated heterocycles. The Morgan fingerprint density at radius 3 is 2.71 bits per heavy atom. The van der Waals surface area contributed by atoms with Gasteiger partial charge < -0.3 is 5.32 Å². The van der Waals surface area contributed by atoms with Gasteiger partial charge >= 0.3 is 0 Å². The molecule has 0 fully saturated rings. The number of aliphatic imine (C=N–C) groups is 1. The fourth-order valence-corrected chi connectivity index (χ4v) is 4.41. The van der Waals surface area contributed by atoms with Gasteiger partial charge in [0.1, 0.15) is 5.52 Å². The molecule has 0 radical (unpaired) electrons. The third kappa shape index (κ3) is 3.06. The minimum absolute atomic E-state index is 0.223. The molecule has 0 atom stereocenters. The average Bonchev–Trinajstić information content (AvgIpc) is 3.44. The van der Waals surface area contributed by atoms with Crippen molar-refractivity contribution in [1.29, 1.82) is 0 Å². The van der Waals surface area contributed by atoms with Gasteiger partial charge in [0.05, 0.1) is 29.6 Å². The second kappa shape index (κ2) is 7.06. The Balaban J connectivity index is 1.40. The molecule has 0 bridgehead atoms. The second-order valence-electron chi connectivity index (χ2n) is 7.01. The van der Waals surface area contributed by atoms with Gasteiger partial charge in [0.2, 0.25) is 0 Å². The van der Waals surface area contributed by atoms with E-state index in [2.05, 4.69) is 25.5 Å². The number of aromatic amines is 1. The molecule has 7 nitrogen and oxygen atoms in total. The topological polar surface area (TPSA) is 91.7 Å². The zero-order chi connectivity index (χ0) is 20.8. The van der Waals surface area contributed by atoms with E-state index >= 15 is 0 Å². The Bertz CT molecular complexity index is 1460. The van der Waals surface area contributed by atoms with Crippen LogP contribution in [-0.2, 0) is 6.54 Å². The molecule has 2 N–H and O–H groups in total. The molecule has 9 heteroatoms. The van der Waals surface area contributed by atoms with Gasteiger partial charge in [0, 0.05) is 40.2 Å². The molecule has 0 spiro atoms. The van der Waals surface area contributed by atoms with Crippen molar-refractivity contribution in [3.05, 3.63) is 77.6 Å². The molecule has 0 unspecified atom stereocenters. The van der Waals surface area contributed by atoms with Crippen LogP contribution < -0.4 is 5.32 Å². The summed E-state index contributed by atoms with van der Waals surface area (Å²) in [5.41, 5.74) is 6.69. The number of anilines is 1. The monoisotopic (exact) mass is 427 g/mol. The van der Waals surface area contributed by atoms with E-state index in [4.69, 9.17) is 9.98 Å². The summed E-state index contributed by atoms with van der Waals surface area (Å²) in [6.07, 6.45) is 6.98. The first-order valence-corrected chi connectivity index (χ1v) is 10.4. The summed E-state index contributed by atoms with van der Waals surface area (Å²) in [7, 11) is 0. The minimum atomic E-state index is -0.223. The highest BCUT2D eigenvalue weighted by Crippen LogP contribution is 2.35. The number of halogens is 1. The smallest absolute Gasteiger partial charge is 0.176 e. The molecule has 0 amide bonds. The maximum atomic E-state index is 13.5. The summed E-state index contributed by atoms with van der Waals surface area (Å²) >= 11 is 1.10. The van der Waals surface area contributed by atoms with Gasteiger partial charge in [0.25, 0.3) is 0 Å². The van der Waals surface area contributed by atoms with E-state index in [9.17, 15) is 4.39 Å². The van der Waals surface area contributed by atoms with E-state index in [0.717, 1.165) is 55.3 Å². The van der Waals surface area contributed by atoms with Gasteiger partial charge in [-0.2, -0.15) is 9.49 Å². The van der Waals surface area contributed by atoms with Gasteiger partial charge in [-0.15, -0.1) is 11.3 Å². The minimum Gasteiger partial charge on any atom is -0.337 e. The molecule has 0 aliphatic carbocycles. The van der Waals surface area contributed by atoms with E-state index in [1.807, 2.05) is 24.3 Å². The number of pyridine rings is 3. The largest absolute Gasteiger partial charge is 0.337 e. The van der Waals surface area contributed by atoms with Gasteiger partial charge in [-0.1, -0.05) is 0 Å². The van der Waals surface area contributed by atoms with Crippen molar-refractivity contribution in [2.24, 2.45) is 4.99 Å². The molecule has 1 aliphatic heterocycles. The highest BCUT2D eigenvalue weighted by molar-refractivity contribution is 7.13. The summed E-state index contributed by atoms with van der Waals surface area (Å²) < 4.78 is 13.5. The van der Waals surface area contributed by atoms with Crippen LogP contribution in [0.25, 0.3) is 32.7 Å². The lowest BCUT2D eigenvalue weighted by atomic mass is 10.1. The lowest BCUT2D eigenvalue weighted by molar-refractivity contribution is 0.657. The summed E-state index contributed by atoms with van der Waals surface area (Å²) in [6, 6.07) is 11.0. The third-order valence-electron chi connectivity index (χ3n) is 5.15. The van der Waals surface area contributed by atoms with Crippen LogP contribution in [0, 0.1) is 5.13 Å². The van der Waals surface area contributed by atoms with E-state index in [1.54, 1.807) is 30.9 Å². The van der Waals surface area contributed by atoms with E-state index in [0.29, 0.717) is 18.1 Å². The molecule has 0 aromatic carbocycles. The molecule has 5 aromatic rings. The highest BCUT2D eigenvalue weighted by Gasteiger charge is 2.22. The first-order valence-electron chi connectivity index (χ1n) is 9.56. The number of fused-ring (bicyclic) bond motifs is 2. The SMILES string of the molecule is Fc1ccc(-c2cncc3c2CN=C(c2n[nH]c4ccc(-c5ccncc5)nc24)N3)s1. The fraction of sp³-hybridized carbons (Fsp3) is 0.0455. The number of aromatic nitrogens is 5. The highest BCUT2D eigenvalue weighted by atomic mass is 32.1. The maximum Gasteiger partial charge on any atom is 0.176 e. The van der Waals surface area contributed by atoms with Crippen molar-refractivity contribution >= 4 is 33.9 Å². The standard InChI is InChI=1S/C22H14FN7S/c23-19-4-3-18(31-19)14-9-25-11-17-13(14)10-26-22(28-17)21-20-16(29-30-21)2-1-15(27-20)12-5-7-24-8-6-12/h1-9,11H,10H2,(H,26,28)(H,29,30). The lowest BCUT2D eigenvalue weighted by Gasteiger charge is -2.19. The number of nitrogens with one attached hydrogen (secondary N) is 2. The van der Waals surface area contributed by atoms with Crippen LogP contribution in [0.4, 0.5) is 10.1 Å². The number of H-pyrrole nitrogens is 1. The van der Waals surface area contributed by atoms with Crippen LogP contribution in [0.1, 0.15) is 11.3 Å². The third-order valence-corrected chi connectivity index (χ3v) is 6.06. The van der Waals surface area contributed by atoms with Crippen LogP contribution >= 0.6 is 11.3 Å². The lowest BCUT2D eigenvalue weighted by Crippen LogP contribution is -2.20. The first-order chi connectivity index (χ1) is 15.3. The van der Waals surface area contributed by atoms with Crippen molar-refractivity contribution in [3.8, 4) is 21.7 Å². The van der Waals surface area contributed by atoms with Crippen LogP contribution in [-0.4, -0.2) is 31.0 Å². The number of hydrogen-bond acceptors (Lipinski definition) is 7. The molecule has 0 saturated carbocycles. The zero-order valence-corrected chi connectivity index (χ0v) is 16.8. The maximum absolute atomic E-state index is 13.5. The molecule has 1 aliphatic rings. The molecule has 6 rings (SSSR count). The van der Waals surface area contributed by atoms with E-state index in [-0.39, 0.29) is 5.13 Å². The summed E-state index contributed by atoms with van der Waals surface area (Å²) in [6.45, 7) is 0.438. The van der Waals surface area contributed by atoms with Gasteiger partial charge in [0.15, 0.2) is 16.7 Å². The Morgan fingerprint density at radius 2 is 1.87 bits per heavy atom. The number of thiophene rings is 1. The van der Waals surface area contributed by atoms with Gasteiger partial charge in [-0.05, 0) is 36.4 Å². The number of rotatable bonds is 3. The Kier molecular flexibility index (Phi) is 4.07. The van der Waals surface area contributed by atoms with E-state index < -0.39 is 0 Å². The molecular formula is C22H14FN7S. The number of nitrogens with zero attached hydrogens (tertiary/aromatic N) is 5. The first kappa shape index (κ1) is 17.8. The fourth-order valence-electron chi connectivity index (χ4n) is 3.64. The van der Waals surface area contributed by atoms with Crippen molar-refractivity contribution < 1.29 is 4.39 Å². The second-order valence-corrected chi connectivity index (χ2v) is 8.04. The predicted molar refractivity (Wildman–Crippen MR) is 118 cm³/mol. The molecule has 150 valence electrons. The summed E-state index contributed by atoms with van der Waals surface area (Å²) in [5, 5.41) is 10.6. The summed E-state index contributed by atoms with van der Waals surface area (Å²) in [4.78, 5) is 18.7. The van der Waals surface area contributed by atoms with E-state index in [1.165, 1.54) is 6.07 Å². The van der Waals surface area contributed by atoms with Crippen LogP contribution in [0.5, 0.6) is 0 Å². The Hall–Kier alpha value is -3.98. The Morgan fingerprint density at radius 1 is 0.968 bits per heavy atom. The molecular weight excluding hydrogens is 413 g/mol. The number of hydrogen-bond donors (Lipinski definition) is 2. The molecule has 5 aromatic heterocycles. The average molecular weight is 427 g/mol. The molecule has 6 heterocycles. The van der Waals surface area contributed by atoms with Crippen molar-refractivity contribution in [3.63, 3.8) is 0 Å². The van der Waals surface area contributed by atoms with Crippen molar-refractivity contribution in [2.45, 2.75) is 6.54 Å². The van der Waals surface area contributed by atoms with Crippen LogP contribution in [0.3, 0.4) is 0 Å². The normalized spacial score (nSPS) is 13.0. The van der Waals surface area contributed by atoms with Crippen LogP contribution in [0.15, 0.2) is 66.2 Å².